The quantitative estimate of drug-likeness (QED) is 0.734. The molecule has 0 aliphatic heterocycles. The van der Waals surface area contributed by atoms with Gasteiger partial charge in [-0.1, -0.05) is 26.0 Å². The fourth-order valence-corrected chi connectivity index (χ4v) is 2.19. The van der Waals surface area contributed by atoms with Crippen LogP contribution in [0.5, 0.6) is 0 Å². The number of amides is 1. The summed E-state index contributed by atoms with van der Waals surface area (Å²) in [5, 5.41) is 0.487. The molecule has 1 rings (SSSR count). The summed E-state index contributed by atoms with van der Waals surface area (Å²) in [6.07, 6.45) is 0. The van der Waals surface area contributed by atoms with Crippen molar-refractivity contribution in [3.8, 4) is 0 Å². The van der Waals surface area contributed by atoms with Crippen LogP contribution in [0.2, 0.25) is 0 Å². The second kappa shape index (κ2) is 5.21. The van der Waals surface area contributed by atoms with Gasteiger partial charge in [-0.2, -0.15) is 0 Å². The first kappa shape index (κ1) is 12.1. The van der Waals surface area contributed by atoms with Crippen LogP contribution in [-0.4, -0.2) is 30.2 Å². The van der Waals surface area contributed by atoms with Crippen molar-refractivity contribution in [2.45, 2.75) is 24.0 Å². The first-order valence-electron chi connectivity index (χ1n) is 4.99. The van der Waals surface area contributed by atoms with Crippen LogP contribution in [-0.2, 0) is 0 Å². The molecule has 82 valence electrons. The monoisotopic (exact) mass is 223 g/mol. The molecular formula is C12H17NOS. The zero-order valence-electron chi connectivity index (χ0n) is 9.65. The van der Waals surface area contributed by atoms with Crippen LogP contribution in [0.4, 0.5) is 0 Å². The third-order valence-corrected chi connectivity index (χ3v) is 2.97. The summed E-state index contributed by atoms with van der Waals surface area (Å²) in [5.74, 6) is 0.0683. The van der Waals surface area contributed by atoms with Crippen molar-refractivity contribution >= 4 is 17.7 Å². The van der Waals surface area contributed by atoms with Gasteiger partial charge in [-0.15, -0.1) is 11.8 Å². The SMILES string of the molecule is CC(C)Sc1ccccc1C(=O)N(C)C. The number of rotatable bonds is 3. The van der Waals surface area contributed by atoms with E-state index in [4.69, 9.17) is 0 Å². The Kier molecular flexibility index (Phi) is 4.21. The Hall–Kier alpha value is -0.960. The van der Waals surface area contributed by atoms with E-state index < -0.39 is 0 Å². The number of nitrogens with zero attached hydrogens (tertiary/aromatic N) is 1. The Bertz CT molecular complexity index is 347. The van der Waals surface area contributed by atoms with Crippen LogP contribution >= 0.6 is 11.8 Å². The van der Waals surface area contributed by atoms with Gasteiger partial charge in [-0.3, -0.25) is 4.79 Å². The van der Waals surface area contributed by atoms with Gasteiger partial charge in [0.1, 0.15) is 0 Å². The smallest absolute Gasteiger partial charge is 0.254 e. The molecular weight excluding hydrogens is 206 g/mol. The summed E-state index contributed by atoms with van der Waals surface area (Å²) in [6, 6.07) is 7.76. The molecule has 0 fully saturated rings. The fraction of sp³-hybridized carbons (Fsp3) is 0.417. The highest BCUT2D eigenvalue weighted by atomic mass is 32.2. The molecule has 0 N–H and O–H groups in total. The van der Waals surface area contributed by atoms with Gasteiger partial charge in [0.2, 0.25) is 0 Å². The molecule has 0 aromatic heterocycles. The first-order valence-corrected chi connectivity index (χ1v) is 5.87. The van der Waals surface area contributed by atoms with E-state index in [2.05, 4.69) is 13.8 Å². The molecule has 0 saturated heterocycles. The molecule has 0 bridgehead atoms. The van der Waals surface area contributed by atoms with Gasteiger partial charge < -0.3 is 4.90 Å². The molecule has 0 atom stereocenters. The lowest BCUT2D eigenvalue weighted by Gasteiger charge is -2.14. The van der Waals surface area contributed by atoms with E-state index in [0.29, 0.717) is 5.25 Å². The molecule has 0 saturated carbocycles. The summed E-state index contributed by atoms with van der Waals surface area (Å²) in [5.41, 5.74) is 0.793. The maximum Gasteiger partial charge on any atom is 0.254 e. The van der Waals surface area contributed by atoms with Crippen molar-refractivity contribution in [1.82, 2.24) is 4.90 Å². The maximum absolute atomic E-state index is 11.9. The molecule has 1 aromatic rings. The van der Waals surface area contributed by atoms with Crippen LogP contribution in [0.25, 0.3) is 0 Å². The van der Waals surface area contributed by atoms with Crippen molar-refractivity contribution in [2.24, 2.45) is 0 Å². The van der Waals surface area contributed by atoms with Crippen LogP contribution < -0.4 is 0 Å². The Morgan fingerprint density at radius 2 is 1.87 bits per heavy atom. The van der Waals surface area contributed by atoms with Crippen molar-refractivity contribution in [1.29, 1.82) is 0 Å². The number of carbonyl (C=O) groups is 1. The van der Waals surface area contributed by atoms with Gasteiger partial charge in [0.05, 0.1) is 5.56 Å². The highest BCUT2D eigenvalue weighted by Gasteiger charge is 2.13. The van der Waals surface area contributed by atoms with E-state index >= 15 is 0 Å². The minimum atomic E-state index is 0.0683. The van der Waals surface area contributed by atoms with Gasteiger partial charge in [-0.25, -0.2) is 0 Å². The Morgan fingerprint density at radius 3 is 2.40 bits per heavy atom. The minimum absolute atomic E-state index is 0.0683. The van der Waals surface area contributed by atoms with Gasteiger partial charge in [0.25, 0.3) is 5.91 Å². The van der Waals surface area contributed by atoms with Gasteiger partial charge in [0.15, 0.2) is 0 Å². The van der Waals surface area contributed by atoms with E-state index in [0.717, 1.165) is 10.5 Å². The summed E-state index contributed by atoms with van der Waals surface area (Å²) in [7, 11) is 3.55. The lowest BCUT2D eigenvalue weighted by atomic mass is 10.2. The standard InChI is InChI=1S/C12H17NOS/c1-9(2)15-11-8-6-5-7-10(11)12(14)13(3)4/h5-9H,1-4H3. The van der Waals surface area contributed by atoms with E-state index in [1.165, 1.54) is 0 Å². The number of thioether (sulfide) groups is 1. The van der Waals surface area contributed by atoms with Gasteiger partial charge >= 0.3 is 0 Å². The van der Waals surface area contributed by atoms with E-state index in [-0.39, 0.29) is 5.91 Å². The lowest BCUT2D eigenvalue weighted by molar-refractivity contribution is 0.0824. The van der Waals surface area contributed by atoms with E-state index in [1.54, 1.807) is 30.8 Å². The van der Waals surface area contributed by atoms with Crippen molar-refractivity contribution in [2.75, 3.05) is 14.1 Å². The average molecular weight is 223 g/mol. The second-order valence-electron chi connectivity index (χ2n) is 3.86. The van der Waals surface area contributed by atoms with E-state index in [1.807, 2.05) is 24.3 Å². The van der Waals surface area contributed by atoms with E-state index in [9.17, 15) is 4.79 Å². The van der Waals surface area contributed by atoms with Crippen molar-refractivity contribution < 1.29 is 4.79 Å². The Labute approximate surface area is 95.7 Å². The average Bonchev–Trinajstić information content (AvgIpc) is 2.16. The maximum atomic E-state index is 11.9. The van der Waals surface area contributed by atoms with Crippen LogP contribution in [0.1, 0.15) is 24.2 Å². The first-order chi connectivity index (χ1) is 7.02. The zero-order chi connectivity index (χ0) is 11.4. The third-order valence-electron chi connectivity index (χ3n) is 1.89. The molecule has 0 heterocycles. The molecule has 0 radical (unpaired) electrons. The zero-order valence-corrected chi connectivity index (χ0v) is 10.5. The third kappa shape index (κ3) is 3.27. The minimum Gasteiger partial charge on any atom is -0.345 e. The molecule has 0 aliphatic rings. The largest absolute Gasteiger partial charge is 0.345 e. The van der Waals surface area contributed by atoms with Crippen molar-refractivity contribution in [3.05, 3.63) is 29.8 Å². The highest BCUT2D eigenvalue weighted by Crippen LogP contribution is 2.26. The number of carbonyl (C=O) groups excluding carboxylic acids is 1. The summed E-state index contributed by atoms with van der Waals surface area (Å²) < 4.78 is 0. The summed E-state index contributed by atoms with van der Waals surface area (Å²) >= 11 is 1.72. The van der Waals surface area contributed by atoms with Crippen molar-refractivity contribution in [3.63, 3.8) is 0 Å². The molecule has 3 heteroatoms. The number of hydrogen-bond donors (Lipinski definition) is 0. The van der Waals surface area contributed by atoms with Gasteiger partial charge in [0, 0.05) is 24.2 Å². The molecule has 0 aliphatic carbocycles. The molecule has 2 nitrogen and oxygen atoms in total. The second-order valence-corrected chi connectivity index (χ2v) is 5.48. The topological polar surface area (TPSA) is 20.3 Å². The Morgan fingerprint density at radius 1 is 1.27 bits per heavy atom. The highest BCUT2D eigenvalue weighted by molar-refractivity contribution is 8.00. The predicted octanol–water partition coefficient (Wildman–Crippen LogP) is 2.89. The van der Waals surface area contributed by atoms with Crippen LogP contribution in [0.15, 0.2) is 29.2 Å². The number of benzene rings is 1. The lowest BCUT2D eigenvalue weighted by Crippen LogP contribution is -2.22. The molecule has 0 spiro atoms. The molecule has 1 aromatic carbocycles. The summed E-state index contributed by atoms with van der Waals surface area (Å²) in [6.45, 7) is 4.25. The summed E-state index contributed by atoms with van der Waals surface area (Å²) in [4.78, 5) is 14.5. The molecule has 15 heavy (non-hydrogen) atoms. The molecule has 1 amide bonds. The predicted molar refractivity (Wildman–Crippen MR) is 65.5 cm³/mol. The van der Waals surface area contributed by atoms with Crippen LogP contribution in [0.3, 0.4) is 0 Å². The number of hydrogen-bond acceptors (Lipinski definition) is 2. The normalized spacial score (nSPS) is 10.5. The Balaban J connectivity index is 3.01. The fourth-order valence-electron chi connectivity index (χ4n) is 1.24. The van der Waals surface area contributed by atoms with Crippen LogP contribution in [0, 0.1) is 0 Å². The molecule has 0 unspecified atom stereocenters. The van der Waals surface area contributed by atoms with Gasteiger partial charge in [-0.05, 0) is 12.1 Å².